The van der Waals surface area contributed by atoms with Crippen LogP contribution in [0, 0.1) is 11.3 Å². The van der Waals surface area contributed by atoms with Crippen molar-refractivity contribution in [3.8, 4) is 6.07 Å². The lowest BCUT2D eigenvalue weighted by Crippen LogP contribution is -2.23. The molecule has 5 nitrogen and oxygen atoms in total. The smallest absolute Gasteiger partial charge is 0.267 e. The van der Waals surface area contributed by atoms with E-state index >= 15 is 0 Å². The summed E-state index contributed by atoms with van der Waals surface area (Å²) in [5.41, 5.74) is 0.464. The highest BCUT2D eigenvalue weighted by molar-refractivity contribution is 8.00. The average molecular weight is 228 g/mol. The van der Waals surface area contributed by atoms with E-state index < -0.39 is 5.37 Å². The van der Waals surface area contributed by atoms with Gasteiger partial charge in [0.1, 0.15) is 12.4 Å². The highest BCUT2D eigenvalue weighted by Crippen LogP contribution is 2.27. The maximum Gasteiger partial charge on any atom is 0.281 e. The molecule has 0 aliphatic carbocycles. The van der Waals surface area contributed by atoms with E-state index in [0.717, 1.165) is 4.90 Å². The first-order valence-electron chi connectivity index (χ1n) is 4.51. The molecule has 3 rings (SSSR count). The zero-order chi connectivity index (χ0) is 11.1. The molecule has 76 valence electrons. The molecule has 1 amide bonds. The van der Waals surface area contributed by atoms with Crippen LogP contribution in [0.25, 0.3) is 0 Å². The van der Waals surface area contributed by atoms with Crippen LogP contribution in [-0.2, 0) is 0 Å². The Kier molecular flexibility index (Phi) is 1.88. The van der Waals surface area contributed by atoms with Gasteiger partial charge >= 0.3 is 0 Å². The molecule has 2 heterocycles. The Balaban J connectivity index is 2.33. The SMILES string of the molecule is N#CC1N=c2ccc3c(c2S1)C(=O)N=CN=3. The molecule has 0 fully saturated rings. The fourth-order valence-corrected chi connectivity index (χ4v) is 2.62. The van der Waals surface area contributed by atoms with Crippen molar-refractivity contribution in [3.05, 3.63) is 28.4 Å². The molecule has 0 saturated heterocycles. The van der Waals surface area contributed by atoms with Gasteiger partial charge in [-0.05, 0) is 12.1 Å². The number of carbonyl (C=O) groups excluding carboxylic acids is 1. The van der Waals surface area contributed by atoms with Gasteiger partial charge in [0.05, 0.1) is 21.2 Å². The van der Waals surface area contributed by atoms with Gasteiger partial charge in [-0.3, -0.25) is 9.79 Å². The minimum atomic E-state index is -0.472. The van der Waals surface area contributed by atoms with E-state index in [9.17, 15) is 4.79 Å². The van der Waals surface area contributed by atoms with E-state index in [1.807, 2.05) is 6.07 Å². The van der Waals surface area contributed by atoms with Crippen molar-refractivity contribution in [1.29, 1.82) is 5.26 Å². The van der Waals surface area contributed by atoms with Crippen LogP contribution in [0.1, 0.15) is 10.4 Å². The number of carbonyl (C=O) groups is 1. The number of aliphatic imine (C=N–C) groups is 1. The molecule has 2 aliphatic rings. The number of hydrogen-bond acceptors (Lipinski definition) is 5. The first-order valence-corrected chi connectivity index (χ1v) is 5.39. The molecular formula is C10H4N4OS. The standard InChI is InChI=1S/C10H4N4OS/c11-3-7-14-6-2-1-5-8(9(6)16-7)10(15)13-4-12-5/h1-2,4,7H. The summed E-state index contributed by atoms with van der Waals surface area (Å²) in [7, 11) is 0. The lowest BCUT2D eigenvalue weighted by Gasteiger charge is -2.04. The Morgan fingerprint density at radius 3 is 3.00 bits per heavy atom. The van der Waals surface area contributed by atoms with Crippen molar-refractivity contribution in [2.75, 3.05) is 0 Å². The van der Waals surface area contributed by atoms with E-state index in [2.05, 4.69) is 15.0 Å². The third-order valence-electron chi connectivity index (χ3n) is 2.30. The molecule has 1 aromatic carbocycles. The minimum Gasteiger partial charge on any atom is -0.267 e. The second-order valence-corrected chi connectivity index (χ2v) is 4.31. The first kappa shape index (κ1) is 9.24. The molecule has 0 N–H and O–H groups in total. The molecule has 1 atom stereocenters. The second kappa shape index (κ2) is 3.25. The number of hydrogen-bond donors (Lipinski definition) is 0. The summed E-state index contributed by atoms with van der Waals surface area (Å²) < 4.78 is 0. The highest BCUT2D eigenvalue weighted by Gasteiger charge is 2.24. The molecule has 0 bridgehead atoms. The number of amides is 1. The molecule has 0 aromatic heterocycles. The van der Waals surface area contributed by atoms with Gasteiger partial charge in [0.15, 0.2) is 5.37 Å². The van der Waals surface area contributed by atoms with Gasteiger partial charge in [0, 0.05) is 0 Å². The van der Waals surface area contributed by atoms with Crippen molar-refractivity contribution in [1.82, 2.24) is 0 Å². The molecule has 0 radical (unpaired) electrons. The summed E-state index contributed by atoms with van der Waals surface area (Å²) in [6.45, 7) is 0. The van der Waals surface area contributed by atoms with Crippen LogP contribution in [0.2, 0.25) is 0 Å². The Morgan fingerprint density at radius 1 is 1.38 bits per heavy atom. The van der Waals surface area contributed by atoms with E-state index in [0.29, 0.717) is 16.3 Å². The molecule has 0 saturated carbocycles. The lowest BCUT2D eigenvalue weighted by atomic mass is 10.2. The Morgan fingerprint density at radius 2 is 2.19 bits per heavy atom. The van der Waals surface area contributed by atoms with Crippen molar-refractivity contribution in [2.45, 2.75) is 10.3 Å². The summed E-state index contributed by atoms with van der Waals surface area (Å²) in [6, 6.07) is 5.54. The van der Waals surface area contributed by atoms with Crippen LogP contribution in [0.5, 0.6) is 0 Å². The van der Waals surface area contributed by atoms with Crippen molar-refractivity contribution in [3.63, 3.8) is 0 Å². The molecule has 1 aromatic rings. The number of rotatable bonds is 0. The number of thioether (sulfide) groups is 1. The van der Waals surface area contributed by atoms with Gasteiger partial charge in [0.2, 0.25) is 0 Å². The summed E-state index contributed by atoms with van der Waals surface area (Å²) in [6.07, 6.45) is 1.25. The van der Waals surface area contributed by atoms with Crippen molar-refractivity contribution < 1.29 is 4.79 Å². The van der Waals surface area contributed by atoms with Crippen molar-refractivity contribution in [2.24, 2.45) is 15.0 Å². The quantitative estimate of drug-likeness (QED) is 0.630. The summed E-state index contributed by atoms with van der Waals surface area (Å²) in [5.74, 6) is -0.317. The van der Waals surface area contributed by atoms with Crippen LogP contribution in [0.15, 0.2) is 32.0 Å². The zero-order valence-corrected chi connectivity index (χ0v) is 8.73. The highest BCUT2D eigenvalue weighted by atomic mass is 32.2. The zero-order valence-electron chi connectivity index (χ0n) is 7.91. The number of benzene rings is 1. The fraction of sp³-hybridized carbons (Fsp3) is 0.100. The molecule has 1 unspecified atom stereocenters. The molecule has 16 heavy (non-hydrogen) atoms. The maximum absolute atomic E-state index is 11.6. The van der Waals surface area contributed by atoms with Crippen LogP contribution in [-0.4, -0.2) is 17.6 Å². The number of nitriles is 1. The van der Waals surface area contributed by atoms with Gasteiger partial charge in [-0.15, -0.1) is 0 Å². The molecule has 0 spiro atoms. The predicted octanol–water partition coefficient (Wildman–Crippen LogP) is 0.0633. The van der Waals surface area contributed by atoms with Crippen LogP contribution >= 0.6 is 11.8 Å². The summed E-state index contributed by atoms with van der Waals surface area (Å²) in [4.78, 5) is 24.2. The van der Waals surface area contributed by atoms with Gasteiger partial charge in [-0.25, -0.2) is 4.99 Å². The summed E-state index contributed by atoms with van der Waals surface area (Å²) >= 11 is 1.27. The Hall–Kier alpha value is -2.00. The van der Waals surface area contributed by atoms with Gasteiger partial charge in [-0.1, -0.05) is 11.8 Å². The predicted molar refractivity (Wildman–Crippen MR) is 56.8 cm³/mol. The Labute approximate surface area is 94.2 Å². The third kappa shape index (κ3) is 1.19. The Bertz CT molecular complexity index is 686. The minimum absolute atomic E-state index is 0.317. The van der Waals surface area contributed by atoms with E-state index in [-0.39, 0.29) is 5.91 Å². The van der Waals surface area contributed by atoms with E-state index in [1.165, 1.54) is 18.1 Å². The van der Waals surface area contributed by atoms with E-state index in [1.54, 1.807) is 12.1 Å². The van der Waals surface area contributed by atoms with Crippen LogP contribution in [0.3, 0.4) is 0 Å². The molecule has 6 heteroatoms. The maximum atomic E-state index is 11.6. The van der Waals surface area contributed by atoms with Crippen molar-refractivity contribution >= 4 is 24.0 Å². The number of nitrogens with zero attached hydrogens (tertiary/aromatic N) is 4. The third-order valence-corrected chi connectivity index (χ3v) is 3.38. The first-order chi connectivity index (χ1) is 7.79. The fourth-order valence-electron chi connectivity index (χ4n) is 1.62. The van der Waals surface area contributed by atoms with Gasteiger partial charge < -0.3 is 0 Å². The lowest BCUT2D eigenvalue weighted by molar-refractivity contribution is 0.0997. The van der Waals surface area contributed by atoms with Crippen LogP contribution in [0.4, 0.5) is 0 Å². The number of fused-ring (bicyclic) bond motifs is 3. The molecule has 2 aliphatic heterocycles. The molecular weight excluding hydrogens is 224 g/mol. The van der Waals surface area contributed by atoms with Gasteiger partial charge in [0.25, 0.3) is 5.91 Å². The van der Waals surface area contributed by atoms with E-state index in [4.69, 9.17) is 5.26 Å². The summed E-state index contributed by atoms with van der Waals surface area (Å²) in [5, 5.41) is 9.61. The topological polar surface area (TPSA) is 77.9 Å². The van der Waals surface area contributed by atoms with Gasteiger partial charge in [-0.2, -0.15) is 10.3 Å². The largest absolute Gasteiger partial charge is 0.281 e. The monoisotopic (exact) mass is 228 g/mol. The van der Waals surface area contributed by atoms with Crippen LogP contribution < -0.4 is 10.7 Å². The normalized spacial score (nSPS) is 20.4. The second-order valence-electron chi connectivity index (χ2n) is 3.22. The average Bonchev–Trinajstić information content (AvgIpc) is 2.72.